The van der Waals surface area contributed by atoms with Crippen molar-refractivity contribution in [2.75, 3.05) is 7.11 Å². The van der Waals surface area contributed by atoms with Crippen LogP contribution in [0.4, 0.5) is 0 Å². The fraction of sp³-hybridized carbons (Fsp3) is 0.190. The molecule has 0 saturated heterocycles. The monoisotopic (exact) mass is 378 g/mol. The number of methoxy groups -OCH3 is 1. The minimum Gasteiger partial charge on any atom is -0.469 e. The van der Waals surface area contributed by atoms with Crippen LogP contribution in [-0.4, -0.2) is 28.0 Å². The van der Waals surface area contributed by atoms with Gasteiger partial charge in [0.25, 0.3) is 0 Å². The smallest absolute Gasteiger partial charge is 0.332 e. The fourth-order valence-corrected chi connectivity index (χ4v) is 2.97. The lowest BCUT2D eigenvalue weighted by Gasteiger charge is -2.04. The molecule has 3 aromatic rings. The number of imidazole rings is 1. The molecule has 28 heavy (non-hydrogen) atoms. The van der Waals surface area contributed by atoms with Gasteiger partial charge in [-0.1, -0.05) is 36.4 Å². The summed E-state index contributed by atoms with van der Waals surface area (Å²) in [6.45, 7) is 0. The quantitative estimate of drug-likeness (QED) is 0.390. The lowest BCUT2D eigenvalue weighted by atomic mass is 10.1. The number of nitrogens with one attached hydrogen (secondary N) is 1. The second-order valence-electron chi connectivity index (χ2n) is 6.46. The number of benzene rings is 2. The molecule has 1 aromatic heterocycles. The summed E-state index contributed by atoms with van der Waals surface area (Å²) >= 11 is 0. The molecule has 144 valence electrons. The number of carbonyl (C=O) groups excluding carboxylic acids is 1. The molecule has 7 heteroatoms. The van der Waals surface area contributed by atoms with E-state index < -0.39 is 0 Å². The maximum absolute atomic E-state index is 12.7. The summed E-state index contributed by atoms with van der Waals surface area (Å²) in [5.41, 5.74) is 9.33. The van der Waals surface area contributed by atoms with Crippen LogP contribution in [0.2, 0.25) is 0 Å². The Kier molecular flexibility index (Phi) is 5.44. The van der Waals surface area contributed by atoms with Crippen molar-refractivity contribution in [2.45, 2.75) is 12.8 Å². The summed E-state index contributed by atoms with van der Waals surface area (Å²) in [5.74, 6) is -0.242. The molecule has 0 aliphatic carbocycles. The molecule has 0 amide bonds. The van der Waals surface area contributed by atoms with Gasteiger partial charge in [-0.25, -0.2) is 4.79 Å². The lowest BCUT2D eigenvalue weighted by Crippen LogP contribution is -2.21. The number of aromatic nitrogens is 2. The maximum atomic E-state index is 12.7. The normalized spacial score (nSPS) is 10.6. The zero-order valence-electron chi connectivity index (χ0n) is 15.8. The van der Waals surface area contributed by atoms with Crippen LogP contribution in [0.3, 0.4) is 0 Å². The molecular formula is C21H22N4O3. The molecule has 0 bridgehead atoms. The Balaban J connectivity index is 1.87. The van der Waals surface area contributed by atoms with Gasteiger partial charge in [0.2, 0.25) is 0 Å². The molecule has 1 heterocycles. The van der Waals surface area contributed by atoms with Crippen molar-refractivity contribution in [3.63, 3.8) is 0 Å². The average molecular weight is 378 g/mol. The number of nitrogen functional groups attached to an aromatic ring is 1. The first-order chi connectivity index (χ1) is 13.4. The first kappa shape index (κ1) is 19.2. The number of rotatable bonds is 6. The van der Waals surface area contributed by atoms with Crippen molar-refractivity contribution >= 4 is 11.8 Å². The van der Waals surface area contributed by atoms with E-state index in [2.05, 4.69) is 4.74 Å². The number of ether oxygens (including phenoxy) is 1. The maximum Gasteiger partial charge on any atom is 0.332 e. The third kappa shape index (κ3) is 3.88. The summed E-state index contributed by atoms with van der Waals surface area (Å²) in [5, 5.41) is 7.48. The van der Waals surface area contributed by atoms with Crippen LogP contribution in [-0.2, 0) is 23.0 Å². The summed E-state index contributed by atoms with van der Waals surface area (Å²) in [7, 11) is 3.09. The van der Waals surface area contributed by atoms with Crippen LogP contribution in [0.5, 0.6) is 0 Å². The van der Waals surface area contributed by atoms with Gasteiger partial charge in [0.05, 0.1) is 18.5 Å². The third-order valence-electron chi connectivity index (χ3n) is 4.66. The van der Waals surface area contributed by atoms with Gasteiger partial charge in [-0.3, -0.25) is 19.3 Å². The molecule has 2 aromatic carbocycles. The largest absolute Gasteiger partial charge is 0.469 e. The van der Waals surface area contributed by atoms with Crippen LogP contribution < -0.4 is 11.4 Å². The third-order valence-corrected chi connectivity index (χ3v) is 4.66. The number of nitrogens with two attached hydrogens (primary N) is 1. The van der Waals surface area contributed by atoms with E-state index in [1.165, 1.54) is 7.11 Å². The molecular weight excluding hydrogens is 356 g/mol. The molecule has 0 radical (unpaired) electrons. The Morgan fingerprint density at radius 3 is 2.32 bits per heavy atom. The van der Waals surface area contributed by atoms with Crippen molar-refractivity contribution in [1.82, 2.24) is 9.13 Å². The highest BCUT2D eigenvalue weighted by molar-refractivity contribution is 5.95. The van der Waals surface area contributed by atoms with E-state index in [0.717, 1.165) is 22.5 Å². The number of aryl methyl sites for hydroxylation is 1. The predicted octanol–water partition coefficient (Wildman–Crippen LogP) is 2.23. The van der Waals surface area contributed by atoms with Gasteiger partial charge in [0.15, 0.2) is 0 Å². The summed E-state index contributed by atoms with van der Waals surface area (Å²) in [6.07, 6.45) is 2.69. The fourth-order valence-electron chi connectivity index (χ4n) is 2.97. The second-order valence-corrected chi connectivity index (χ2v) is 6.46. The number of nitrogens with zero attached hydrogens (tertiary/aromatic N) is 2. The van der Waals surface area contributed by atoms with Crippen molar-refractivity contribution < 1.29 is 9.53 Å². The average Bonchev–Trinajstić information content (AvgIpc) is 3.01. The first-order valence-corrected chi connectivity index (χ1v) is 8.80. The molecule has 0 aliphatic rings. The Bertz CT molecular complexity index is 1060. The van der Waals surface area contributed by atoms with Crippen LogP contribution in [0.15, 0.2) is 59.5 Å². The highest BCUT2D eigenvalue weighted by Gasteiger charge is 2.12. The first-order valence-electron chi connectivity index (χ1n) is 8.80. The van der Waals surface area contributed by atoms with E-state index in [4.69, 9.17) is 11.1 Å². The van der Waals surface area contributed by atoms with Gasteiger partial charge in [-0.15, -0.1) is 0 Å². The second kappa shape index (κ2) is 7.96. The molecule has 0 unspecified atom stereocenters. The van der Waals surface area contributed by atoms with E-state index in [1.807, 2.05) is 36.4 Å². The van der Waals surface area contributed by atoms with Crippen molar-refractivity contribution in [2.24, 2.45) is 12.8 Å². The summed E-state index contributed by atoms with van der Waals surface area (Å²) < 4.78 is 7.81. The van der Waals surface area contributed by atoms with Gasteiger partial charge < -0.3 is 10.5 Å². The van der Waals surface area contributed by atoms with E-state index >= 15 is 0 Å². The highest BCUT2D eigenvalue weighted by atomic mass is 16.5. The lowest BCUT2D eigenvalue weighted by molar-refractivity contribution is -0.140. The van der Waals surface area contributed by atoms with E-state index in [0.29, 0.717) is 18.4 Å². The van der Waals surface area contributed by atoms with E-state index in [1.54, 1.807) is 34.5 Å². The Labute approximate surface area is 162 Å². The number of hydrogen-bond acceptors (Lipinski definition) is 4. The highest BCUT2D eigenvalue weighted by Crippen LogP contribution is 2.20. The van der Waals surface area contributed by atoms with Crippen LogP contribution in [0.25, 0.3) is 16.9 Å². The van der Waals surface area contributed by atoms with Crippen LogP contribution in [0, 0.1) is 5.41 Å². The number of carbonyl (C=O) groups is 1. The van der Waals surface area contributed by atoms with Crippen molar-refractivity contribution in [3.8, 4) is 16.9 Å². The topological polar surface area (TPSA) is 103 Å². The SMILES string of the molecule is COC(=O)CCc1ccc(-n2cc(-c3ccc(C(=N)N)cc3)n(C)c2=O)cc1. The number of amidine groups is 1. The zero-order valence-corrected chi connectivity index (χ0v) is 15.8. The van der Waals surface area contributed by atoms with Gasteiger partial charge in [0, 0.05) is 25.2 Å². The number of hydrogen-bond donors (Lipinski definition) is 2. The molecule has 0 fully saturated rings. The van der Waals surface area contributed by atoms with Gasteiger partial charge >= 0.3 is 11.7 Å². The molecule has 0 saturated carbocycles. The van der Waals surface area contributed by atoms with E-state index in [-0.39, 0.29) is 17.5 Å². The minimum absolute atomic E-state index is 0.00491. The Morgan fingerprint density at radius 2 is 1.75 bits per heavy atom. The zero-order chi connectivity index (χ0) is 20.3. The van der Waals surface area contributed by atoms with Gasteiger partial charge in [-0.05, 0) is 29.7 Å². The summed E-state index contributed by atoms with van der Waals surface area (Å²) in [6, 6.07) is 14.7. The predicted molar refractivity (Wildman–Crippen MR) is 108 cm³/mol. The van der Waals surface area contributed by atoms with Crippen molar-refractivity contribution in [1.29, 1.82) is 5.41 Å². The Hall–Kier alpha value is -3.61. The summed E-state index contributed by atoms with van der Waals surface area (Å²) in [4.78, 5) is 24.0. The standard InChI is InChI=1S/C21H22N4O3/c1-24-18(15-6-8-16(9-7-15)20(22)23)13-25(21(24)27)17-10-3-14(4-11-17)5-12-19(26)28-2/h3-4,6-11,13H,5,12H2,1-2H3,(H3,22,23). The van der Waals surface area contributed by atoms with Gasteiger partial charge in [-0.2, -0.15) is 0 Å². The molecule has 3 N–H and O–H groups in total. The Morgan fingerprint density at radius 1 is 1.11 bits per heavy atom. The molecule has 3 rings (SSSR count). The molecule has 0 aliphatic heterocycles. The number of esters is 1. The minimum atomic E-state index is -0.246. The van der Waals surface area contributed by atoms with Gasteiger partial charge in [0.1, 0.15) is 5.84 Å². The molecule has 0 spiro atoms. The van der Waals surface area contributed by atoms with Crippen molar-refractivity contribution in [3.05, 3.63) is 76.3 Å². The molecule has 7 nitrogen and oxygen atoms in total. The molecule has 0 atom stereocenters. The van der Waals surface area contributed by atoms with E-state index in [9.17, 15) is 9.59 Å². The van der Waals surface area contributed by atoms with Crippen LogP contribution >= 0.6 is 0 Å². The van der Waals surface area contributed by atoms with Crippen LogP contribution in [0.1, 0.15) is 17.5 Å².